The van der Waals surface area contributed by atoms with Crippen LogP contribution in [0, 0.1) is 6.92 Å². The second kappa shape index (κ2) is 6.98. The van der Waals surface area contributed by atoms with Gasteiger partial charge in [0.05, 0.1) is 27.2 Å². The van der Waals surface area contributed by atoms with Gasteiger partial charge in [-0.25, -0.2) is 0 Å². The van der Waals surface area contributed by atoms with Crippen LogP contribution in [0.1, 0.15) is 30.4 Å². The van der Waals surface area contributed by atoms with Gasteiger partial charge < -0.3 is 14.2 Å². The number of esters is 1. The molecule has 0 heterocycles. The number of carbonyl (C=O) groups is 1. The van der Waals surface area contributed by atoms with Gasteiger partial charge in [-0.15, -0.1) is 6.58 Å². The van der Waals surface area contributed by atoms with Gasteiger partial charge >= 0.3 is 5.97 Å². The standard InChI is InChI=1S/C16H22O4/c1-10(2)7-13(16(17)20-6)12-9-14(18-4)11(3)8-15(12)19-5/h8-9,13H,1,7H2,2-6H3. The van der Waals surface area contributed by atoms with Crippen molar-refractivity contribution in [3.05, 3.63) is 35.4 Å². The van der Waals surface area contributed by atoms with Gasteiger partial charge in [-0.2, -0.15) is 0 Å². The monoisotopic (exact) mass is 278 g/mol. The fourth-order valence-corrected chi connectivity index (χ4v) is 2.16. The molecule has 0 spiro atoms. The largest absolute Gasteiger partial charge is 0.496 e. The Labute approximate surface area is 120 Å². The predicted octanol–water partition coefficient (Wildman–Crippen LogP) is 3.24. The Bertz CT molecular complexity index is 505. The Morgan fingerprint density at radius 3 is 2.25 bits per heavy atom. The number of rotatable bonds is 6. The molecule has 0 aliphatic heterocycles. The van der Waals surface area contributed by atoms with Gasteiger partial charge in [-0.05, 0) is 38.0 Å². The van der Waals surface area contributed by atoms with Crippen LogP contribution in [0.2, 0.25) is 0 Å². The molecule has 0 saturated heterocycles. The quantitative estimate of drug-likeness (QED) is 0.592. The average Bonchev–Trinajstić information content (AvgIpc) is 2.43. The minimum absolute atomic E-state index is 0.308. The maximum absolute atomic E-state index is 12.0. The van der Waals surface area contributed by atoms with E-state index in [-0.39, 0.29) is 5.97 Å². The number of benzene rings is 1. The van der Waals surface area contributed by atoms with Gasteiger partial charge in [0.2, 0.25) is 0 Å². The molecule has 0 radical (unpaired) electrons. The van der Waals surface area contributed by atoms with Crippen molar-refractivity contribution in [2.75, 3.05) is 21.3 Å². The van der Waals surface area contributed by atoms with Crippen molar-refractivity contribution in [3.63, 3.8) is 0 Å². The minimum Gasteiger partial charge on any atom is -0.496 e. The number of aryl methyl sites for hydroxylation is 1. The lowest BCUT2D eigenvalue weighted by Gasteiger charge is -2.20. The Morgan fingerprint density at radius 1 is 1.20 bits per heavy atom. The van der Waals surface area contributed by atoms with Gasteiger partial charge in [0, 0.05) is 5.56 Å². The summed E-state index contributed by atoms with van der Waals surface area (Å²) in [5.41, 5.74) is 2.61. The van der Waals surface area contributed by atoms with Crippen molar-refractivity contribution < 1.29 is 19.0 Å². The van der Waals surface area contributed by atoms with E-state index >= 15 is 0 Å². The molecule has 1 aromatic rings. The summed E-state index contributed by atoms with van der Waals surface area (Å²) in [7, 11) is 4.57. The smallest absolute Gasteiger partial charge is 0.313 e. The lowest BCUT2D eigenvalue weighted by atomic mass is 9.91. The number of ether oxygens (including phenoxy) is 3. The number of hydrogen-bond acceptors (Lipinski definition) is 4. The van der Waals surface area contributed by atoms with Crippen LogP contribution in [0.25, 0.3) is 0 Å². The molecule has 4 nitrogen and oxygen atoms in total. The first-order chi connectivity index (χ1) is 9.44. The van der Waals surface area contributed by atoms with Gasteiger partial charge in [0.25, 0.3) is 0 Å². The minimum atomic E-state index is -0.443. The first-order valence-corrected chi connectivity index (χ1v) is 6.39. The molecular formula is C16H22O4. The highest BCUT2D eigenvalue weighted by Gasteiger charge is 2.26. The molecule has 20 heavy (non-hydrogen) atoms. The highest BCUT2D eigenvalue weighted by molar-refractivity contribution is 5.80. The molecule has 0 fully saturated rings. The maximum Gasteiger partial charge on any atom is 0.313 e. The van der Waals surface area contributed by atoms with E-state index in [0.29, 0.717) is 12.2 Å². The Hall–Kier alpha value is -1.97. The van der Waals surface area contributed by atoms with Gasteiger partial charge in [0.15, 0.2) is 0 Å². The van der Waals surface area contributed by atoms with Crippen LogP contribution in [0.4, 0.5) is 0 Å². The summed E-state index contributed by atoms with van der Waals surface area (Å²) in [6.07, 6.45) is 0.509. The maximum atomic E-state index is 12.0. The Balaban J connectivity index is 3.36. The van der Waals surface area contributed by atoms with Crippen LogP contribution in [0.15, 0.2) is 24.3 Å². The first-order valence-electron chi connectivity index (χ1n) is 6.39. The molecular weight excluding hydrogens is 256 g/mol. The van der Waals surface area contributed by atoms with Gasteiger partial charge in [-0.1, -0.05) is 5.57 Å². The van der Waals surface area contributed by atoms with Gasteiger partial charge in [-0.3, -0.25) is 4.79 Å². The van der Waals surface area contributed by atoms with Crippen LogP contribution < -0.4 is 9.47 Å². The molecule has 0 amide bonds. The summed E-state index contributed by atoms with van der Waals surface area (Å²) >= 11 is 0. The molecule has 0 aliphatic rings. The van der Waals surface area contributed by atoms with E-state index in [9.17, 15) is 4.79 Å². The van der Waals surface area contributed by atoms with Crippen molar-refractivity contribution in [2.24, 2.45) is 0 Å². The lowest BCUT2D eigenvalue weighted by molar-refractivity contribution is -0.142. The highest BCUT2D eigenvalue weighted by Crippen LogP contribution is 2.36. The number of allylic oxidation sites excluding steroid dienone is 1. The molecule has 1 rings (SSSR count). The Kier molecular flexibility index (Phi) is 5.62. The predicted molar refractivity (Wildman–Crippen MR) is 78.5 cm³/mol. The van der Waals surface area contributed by atoms with Crippen molar-refractivity contribution in [1.29, 1.82) is 0 Å². The first kappa shape index (κ1) is 16.1. The van der Waals surface area contributed by atoms with E-state index in [2.05, 4.69) is 6.58 Å². The van der Waals surface area contributed by atoms with Crippen molar-refractivity contribution in [2.45, 2.75) is 26.2 Å². The summed E-state index contributed by atoms with van der Waals surface area (Å²) in [5, 5.41) is 0. The third-order valence-electron chi connectivity index (χ3n) is 3.16. The zero-order valence-corrected chi connectivity index (χ0v) is 12.8. The molecule has 0 bridgehead atoms. The zero-order valence-electron chi connectivity index (χ0n) is 12.8. The summed E-state index contributed by atoms with van der Waals surface area (Å²) in [6, 6.07) is 3.70. The highest BCUT2D eigenvalue weighted by atomic mass is 16.5. The summed E-state index contributed by atoms with van der Waals surface area (Å²) < 4.78 is 15.6. The summed E-state index contributed by atoms with van der Waals surface area (Å²) in [6.45, 7) is 7.68. The van der Waals surface area contributed by atoms with E-state index < -0.39 is 5.92 Å². The van der Waals surface area contributed by atoms with E-state index in [1.165, 1.54) is 7.11 Å². The topological polar surface area (TPSA) is 44.8 Å². The fourth-order valence-electron chi connectivity index (χ4n) is 2.16. The molecule has 0 aromatic heterocycles. The van der Waals surface area contributed by atoms with Gasteiger partial charge in [0.1, 0.15) is 11.5 Å². The van der Waals surface area contributed by atoms with E-state index in [1.54, 1.807) is 14.2 Å². The second-order valence-corrected chi connectivity index (χ2v) is 4.80. The Morgan fingerprint density at radius 2 is 1.80 bits per heavy atom. The van der Waals surface area contributed by atoms with E-state index in [0.717, 1.165) is 22.4 Å². The van der Waals surface area contributed by atoms with Crippen molar-refractivity contribution in [1.82, 2.24) is 0 Å². The van der Waals surface area contributed by atoms with E-state index in [4.69, 9.17) is 14.2 Å². The number of hydrogen-bond donors (Lipinski definition) is 0. The van der Waals surface area contributed by atoms with Crippen LogP contribution >= 0.6 is 0 Å². The van der Waals surface area contributed by atoms with E-state index in [1.807, 2.05) is 26.0 Å². The fraction of sp³-hybridized carbons (Fsp3) is 0.438. The molecule has 1 aromatic carbocycles. The number of methoxy groups -OCH3 is 3. The lowest BCUT2D eigenvalue weighted by Crippen LogP contribution is -2.16. The van der Waals surface area contributed by atoms with Crippen LogP contribution in [-0.4, -0.2) is 27.3 Å². The molecule has 0 N–H and O–H groups in total. The van der Waals surface area contributed by atoms with Crippen LogP contribution in [0.3, 0.4) is 0 Å². The molecule has 0 aliphatic carbocycles. The summed E-state index contributed by atoms with van der Waals surface area (Å²) in [5.74, 6) is 0.621. The second-order valence-electron chi connectivity index (χ2n) is 4.80. The van der Waals surface area contributed by atoms with Crippen LogP contribution in [-0.2, 0) is 9.53 Å². The van der Waals surface area contributed by atoms with Crippen molar-refractivity contribution >= 4 is 5.97 Å². The summed E-state index contributed by atoms with van der Waals surface area (Å²) in [4.78, 5) is 12.0. The SMILES string of the molecule is C=C(C)CC(C(=O)OC)c1cc(OC)c(C)cc1OC. The third-order valence-corrected chi connectivity index (χ3v) is 3.16. The van der Waals surface area contributed by atoms with Crippen LogP contribution in [0.5, 0.6) is 11.5 Å². The molecule has 4 heteroatoms. The number of carbonyl (C=O) groups excluding carboxylic acids is 1. The third kappa shape index (κ3) is 3.53. The molecule has 1 atom stereocenters. The molecule has 1 unspecified atom stereocenters. The average molecular weight is 278 g/mol. The molecule has 110 valence electrons. The molecule has 0 saturated carbocycles. The normalized spacial score (nSPS) is 11.7. The zero-order chi connectivity index (χ0) is 15.3. The van der Waals surface area contributed by atoms with Crippen molar-refractivity contribution in [3.8, 4) is 11.5 Å².